The molecule has 1 aromatic rings. The van der Waals surface area contributed by atoms with Crippen molar-refractivity contribution in [3.8, 4) is 0 Å². The van der Waals surface area contributed by atoms with Gasteiger partial charge in [0.15, 0.2) is 0 Å². The fraction of sp³-hybridized carbons (Fsp3) is 0.850. The molecule has 1 aromatic heterocycles. The van der Waals surface area contributed by atoms with E-state index in [-0.39, 0.29) is 0 Å². The highest BCUT2D eigenvalue weighted by atomic mass is 15.1. The number of imidazole rings is 1. The molecule has 2 heteroatoms. The van der Waals surface area contributed by atoms with Gasteiger partial charge in [0.2, 0.25) is 0 Å². The predicted octanol–water partition coefficient (Wildman–Crippen LogP) is 5.67. The van der Waals surface area contributed by atoms with E-state index in [1.54, 1.807) is 0 Å². The van der Waals surface area contributed by atoms with Crippen LogP contribution < -0.4 is 4.57 Å². The Hall–Kier alpha value is -0.790. The van der Waals surface area contributed by atoms with Crippen molar-refractivity contribution in [1.82, 2.24) is 4.57 Å². The summed E-state index contributed by atoms with van der Waals surface area (Å²) in [6, 6.07) is 0. The fourth-order valence-corrected chi connectivity index (χ4v) is 3.27. The summed E-state index contributed by atoms with van der Waals surface area (Å²) in [5.74, 6) is 1.51. The predicted molar refractivity (Wildman–Crippen MR) is 96.1 cm³/mol. The number of aromatic nitrogens is 2. The summed E-state index contributed by atoms with van der Waals surface area (Å²) in [6.07, 6.45) is 21.2. The Morgan fingerprint density at radius 3 is 1.91 bits per heavy atom. The summed E-state index contributed by atoms with van der Waals surface area (Å²) >= 11 is 0. The zero-order chi connectivity index (χ0) is 16.0. The lowest BCUT2D eigenvalue weighted by Crippen LogP contribution is -2.37. The van der Waals surface area contributed by atoms with Crippen LogP contribution in [-0.4, -0.2) is 4.57 Å². The van der Waals surface area contributed by atoms with Gasteiger partial charge in [0.1, 0.15) is 12.4 Å². The van der Waals surface area contributed by atoms with Crippen LogP contribution in [0.4, 0.5) is 0 Å². The molecule has 2 nitrogen and oxygen atoms in total. The van der Waals surface area contributed by atoms with Gasteiger partial charge in [-0.3, -0.25) is 0 Å². The molecule has 0 N–H and O–H groups in total. The molecular weight excluding hydrogens is 268 g/mol. The van der Waals surface area contributed by atoms with E-state index in [1.807, 2.05) is 0 Å². The molecule has 0 aliphatic rings. The van der Waals surface area contributed by atoms with Gasteiger partial charge in [0.05, 0.1) is 13.1 Å². The van der Waals surface area contributed by atoms with Gasteiger partial charge in [-0.25, -0.2) is 9.13 Å². The quantitative estimate of drug-likeness (QED) is 0.309. The smallest absolute Gasteiger partial charge is 0.235 e. The molecule has 0 bridgehead atoms. The zero-order valence-electron chi connectivity index (χ0n) is 15.4. The molecule has 0 fully saturated rings. The van der Waals surface area contributed by atoms with E-state index in [1.165, 1.54) is 89.4 Å². The monoisotopic (exact) mass is 307 g/mol. The van der Waals surface area contributed by atoms with E-state index in [4.69, 9.17) is 0 Å². The van der Waals surface area contributed by atoms with E-state index in [2.05, 4.69) is 42.3 Å². The van der Waals surface area contributed by atoms with Crippen molar-refractivity contribution in [3.63, 3.8) is 0 Å². The van der Waals surface area contributed by atoms with E-state index in [9.17, 15) is 0 Å². The minimum atomic E-state index is 1.10. The first-order valence-electron chi connectivity index (χ1n) is 9.90. The Balaban J connectivity index is 2.08. The minimum Gasteiger partial charge on any atom is -0.235 e. The van der Waals surface area contributed by atoms with Crippen LogP contribution in [-0.2, 0) is 19.5 Å². The standard InChI is InChI=1S/C20H39N2/c1-4-7-8-9-10-11-12-13-14-15-17-22-19-18-21(6-3)20(22)16-5-2/h18-19H,4-17H2,1-3H3/q+1. The maximum absolute atomic E-state index is 2.48. The minimum absolute atomic E-state index is 1.10. The van der Waals surface area contributed by atoms with Crippen molar-refractivity contribution < 1.29 is 4.57 Å². The van der Waals surface area contributed by atoms with Gasteiger partial charge in [-0.15, -0.1) is 0 Å². The molecule has 128 valence electrons. The number of rotatable bonds is 14. The Morgan fingerprint density at radius 1 is 0.773 bits per heavy atom. The normalized spacial score (nSPS) is 11.2. The average Bonchev–Trinajstić information content (AvgIpc) is 2.92. The van der Waals surface area contributed by atoms with Gasteiger partial charge in [0.25, 0.3) is 5.82 Å². The maximum Gasteiger partial charge on any atom is 0.256 e. The Labute approximate surface area is 138 Å². The number of hydrogen-bond acceptors (Lipinski definition) is 0. The molecule has 0 aromatic carbocycles. The van der Waals surface area contributed by atoms with E-state index < -0.39 is 0 Å². The third-order valence-corrected chi connectivity index (χ3v) is 4.66. The molecule has 0 radical (unpaired) electrons. The Kier molecular flexibility index (Phi) is 11.1. The second kappa shape index (κ2) is 12.7. The van der Waals surface area contributed by atoms with Crippen LogP contribution in [0.5, 0.6) is 0 Å². The molecule has 0 unspecified atom stereocenters. The van der Waals surface area contributed by atoms with Gasteiger partial charge < -0.3 is 0 Å². The molecule has 0 aliphatic carbocycles. The van der Waals surface area contributed by atoms with Crippen molar-refractivity contribution >= 4 is 0 Å². The van der Waals surface area contributed by atoms with Crippen LogP contribution in [0.2, 0.25) is 0 Å². The van der Waals surface area contributed by atoms with E-state index in [0.717, 1.165) is 6.54 Å². The molecule has 0 saturated carbocycles. The van der Waals surface area contributed by atoms with Gasteiger partial charge in [-0.05, 0) is 26.2 Å². The number of nitrogens with zero attached hydrogens (tertiary/aromatic N) is 2. The maximum atomic E-state index is 2.48. The number of aryl methyl sites for hydroxylation is 2. The third kappa shape index (κ3) is 7.47. The van der Waals surface area contributed by atoms with Crippen molar-refractivity contribution in [1.29, 1.82) is 0 Å². The highest BCUT2D eigenvalue weighted by Gasteiger charge is 2.14. The molecule has 1 heterocycles. The van der Waals surface area contributed by atoms with Crippen LogP contribution in [0.25, 0.3) is 0 Å². The Morgan fingerprint density at radius 2 is 1.36 bits per heavy atom. The second-order valence-electron chi connectivity index (χ2n) is 6.63. The first kappa shape index (κ1) is 19.3. The summed E-state index contributed by atoms with van der Waals surface area (Å²) in [7, 11) is 0. The van der Waals surface area contributed by atoms with Gasteiger partial charge >= 0.3 is 0 Å². The first-order valence-corrected chi connectivity index (χ1v) is 9.90. The summed E-state index contributed by atoms with van der Waals surface area (Å²) in [6.45, 7) is 9.11. The van der Waals surface area contributed by atoms with Crippen molar-refractivity contribution in [2.75, 3.05) is 0 Å². The van der Waals surface area contributed by atoms with Gasteiger partial charge in [-0.1, -0.05) is 65.2 Å². The topological polar surface area (TPSA) is 8.81 Å². The summed E-state index contributed by atoms with van der Waals surface area (Å²) < 4.78 is 4.89. The van der Waals surface area contributed by atoms with Crippen LogP contribution in [0.1, 0.15) is 97.2 Å². The van der Waals surface area contributed by atoms with Gasteiger partial charge in [0, 0.05) is 6.42 Å². The van der Waals surface area contributed by atoms with E-state index >= 15 is 0 Å². The summed E-state index contributed by atoms with van der Waals surface area (Å²) in [5, 5.41) is 0. The second-order valence-corrected chi connectivity index (χ2v) is 6.63. The summed E-state index contributed by atoms with van der Waals surface area (Å²) in [4.78, 5) is 0. The molecule has 0 amide bonds. The van der Waals surface area contributed by atoms with Crippen molar-refractivity contribution in [2.45, 2.75) is 111 Å². The highest BCUT2D eigenvalue weighted by Crippen LogP contribution is 2.10. The summed E-state index contributed by atoms with van der Waals surface area (Å²) in [5.41, 5.74) is 0. The molecule has 0 atom stereocenters. The van der Waals surface area contributed by atoms with Crippen molar-refractivity contribution in [3.05, 3.63) is 18.2 Å². The Bertz CT molecular complexity index is 368. The highest BCUT2D eigenvalue weighted by molar-refractivity contribution is 4.83. The third-order valence-electron chi connectivity index (χ3n) is 4.66. The molecule has 0 spiro atoms. The fourth-order valence-electron chi connectivity index (χ4n) is 3.27. The van der Waals surface area contributed by atoms with Crippen LogP contribution in [0.3, 0.4) is 0 Å². The molecule has 1 rings (SSSR count). The first-order chi connectivity index (χ1) is 10.8. The lowest BCUT2D eigenvalue weighted by atomic mass is 10.1. The SMILES string of the molecule is CCCCCCCCCCCC[n+]1ccn(CC)c1CCC. The lowest BCUT2D eigenvalue weighted by molar-refractivity contribution is -0.704. The largest absolute Gasteiger partial charge is 0.256 e. The van der Waals surface area contributed by atoms with Crippen molar-refractivity contribution in [2.24, 2.45) is 0 Å². The van der Waals surface area contributed by atoms with Gasteiger partial charge in [-0.2, -0.15) is 0 Å². The van der Waals surface area contributed by atoms with Crippen LogP contribution >= 0.6 is 0 Å². The lowest BCUT2D eigenvalue weighted by Gasteiger charge is -2.04. The molecule has 0 aliphatic heterocycles. The van der Waals surface area contributed by atoms with E-state index in [0.29, 0.717) is 0 Å². The molecule has 0 saturated heterocycles. The molecule has 22 heavy (non-hydrogen) atoms. The van der Waals surface area contributed by atoms with Crippen LogP contribution in [0.15, 0.2) is 12.4 Å². The number of hydrogen-bond donors (Lipinski definition) is 0. The van der Waals surface area contributed by atoms with Crippen LogP contribution in [0, 0.1) is 0 Å². The zero-order valence-corrected chi connectivity index (χ0v) is 15.4. The average molecular weight is 308 g/mol. The number of unbranched alkanes of at least 4 members (excludes halogenated alkanes) is 9. The molecular formula is C20H39N2+.